The fourth-order valence-corrected chi connectivity index (χ4v) is 5.17. The highest BCUT2D eigenvalue weighted by Crippen LogP contribution is 2.44. The van der Waals surface area contributed by atoms with Gasteiger partial charge in [0.2, 0.25) is 5.91 Å². The Morgan fingerprint density at radius 2 is 1.85 bits per heavy atom. The summed E-state index contributed by atoms with van der Waals surface area (Å²) < 4.78 is 0. The van der Waals surface area contributed by atoms with Crippen LogP contribution in [0.15, 0.2) is 54.6 Å². The number of imide groups is 1. The topological polar surface area (TPSA) is 85.5 Å². The maximum atomic E-state index is 13.6. The number of urea groups is 1. The summed E-state index contributed by atoms with van der Waals surface area (Å²) in [6.45, 7) is 4.33. The van der Waals surface area contributed by atoms with Gasteiger partial charge in [0.1, 0.15) is 6.04 Å². The number of para-hydroxylation sites is 1. The Balaban J connectivity index is 1.32. The predicted molar refractivity (Wildman–Crippen MR) is 126 cm³/mol. The van der Waals surface area contributed by atoms with Gasteiger partial charge in [-0.25, -0.2) is 9.69 Å². The summed E-state index contributed by atoms with van der Waals surface area (Å²) in [4.78, 5) is 45.9. The van der Waals surface area contributed by atoms with Crippen LogP contribution in [0.1, 0.15) is 37.1 Å². The van der Waals surface area contributed by atoms with Crippen molar-refractivity contribution in [2.24, 2.45) is 0 Å². The van der Waals surface area contributed by atoms with Gasteiger partial charge in [0.25, 0.3) is 5.91 Å². The van der Waals surface area contributed by atoms with E-state index < -0.39 is 17.6 Å². The van der Waals surface area contributed by atoms with Crippen LogP contribution in [0.4, 0.5) is 4.79 Å². The fraction of sp³-hybridized carbons (Fsp3) is 0.346. The third-order valence-electron chi connectivity index (χ3n) is 7.05. The standard InChI is InChI=1S/C26H28N4O3/c1-17(23(31)27-15-8-11-18-9-4-3-5-10-18)30-24(32)26(2)22-20(14-16-29(26)25(30)33)19-12-6-7-13-21(19)28-22/h3-7,9-10,12-13,17,28H,8,11,14-16H2,1-2H3,(H,27,31). The first-order valence-electron chi connectivity index (χ1n) is 11.5. The predicted octanol–water partition coefficient (Wildman–Crippen LogP) is 3.34. The van der Waals surface area contributed by atoms with Gasteiger partial charge in [0.15, 0.2) is 5.54 Å². The third-order valence-corrected chi connectivity index (χ3v) is 7.05. The van der Waals surface area contributed by atoms with Crippen LogP contribution >= 0.6 is 0 Å². The summed E-state index contributed by atoms with van der Waals surface area (Å²) >= 11 is 0. The minimum Gasteiger partial charge on any atom is -0.356 e. The molecule has 0 spiro atoms. The van der Waals surface area contributed by atoms with Crippen LogP contribution in [0.25, 0.3) is 10.9 Å². The quantitative estimate of drug-likeness (QED) is 0.452. The van der Waals surface area contributed by atoms with E-state index in [4.69, 9.17) is 0 Å². The third kappa shape index (κ3) is 3.30. The van der Waals surface area contributed by atoms with Crippen molar-refractivity contribution in [1.29, 1.82) is 0 Å². The van der Waals surface area contributed by atoms with Crippen molar-refractivity contribution in [2.75, 3.05) is 13.1 Å². The Morgan fingerprint density at radius 1 is 1.12 bits per heavy atom. The molecule has 3 heterocycles. The summed E-state index contributed by atoms with van der Waals surface area (Å²) in [5.41, 5.74) is 2.86. The summed E-state index contributed by atoms with van der Waals surface area (Å²) in [6.07, 6.45) is 2.31. The molecule has 0 radical (unpaired) electrons. The maximum absolute atomic E-state index is 13.6. The Bertz CT molecular complexity index is 1230. The Kier molecular flexibility index (Phi) is 5.19. The largest absolute Gasteiger partial charge is 0.356 e. The van der Waals surface area contributed by atoms with Gasteiger partial charge in [-0.1, -0.05) is 48.5 Å². The first kappa shape index (κ1) is 21.2. The van der Waals surface area contributed by atoms with E-state index >= 15 is 0 Å². The molecule has 2 unspecified atom stereocenters. The molecule has 3 aromatic rings. The monoisotopic (exact) mass is 444 g/mol. The summed E-state index contributed by atoms with van der Waals surface area (Å²) in [7, 11) is 0. The van der Waals surface area contributed by atoms with Crippen molar-refractivity contribution in [3.63, 3.8) is 0 Å². The molecule has 1 fully saturated rings. The Morgan fingerprint density at radius 3 is 2.64 bits per heavy atom. The number of carbonyl (C=O) groups is 3. The normalized spacial score (nSPS) is 20.7. The summed E-state index contributed by atoms with van der Waals surface area (Å²) in [5, 5.41) is 3.97. The highest BCUT2D eigenvalue weighted by molar-refractivity contribution is 6.10. The molecule has 1 saturated heterocycles. The smallest absolute Gasteiger partial charge is 0.328 e. The molecule has 2 aliphatic heterocycles. The molecule has 1 aromatic heterocycles. The SMILES string of the molecule is CC(C(=O)NCCCc1ccccc1)N1C(=O)N2CCc3c([nH]c4ccccc34)C2(C)C1=O. The molecule has 2 aliphatic rings. The molecule has 5 rings (SSSR count). The van der Waals surface area contributed by atoms with E-state index in [-0.39, 0.29) is 11.8 Å². The molecule has 0 saturated carbocycles. The van der Waals surface area contributed by atoms with Crippen LogP contribution in [0, 0.1) is 0 Å². The number of aromatic amines is 1. The second-order valence-electron chi connectivity index (χ2n) is 9.01. The lowest BCUT2D eigenvalue weighted by atomic mass is 9.87. The van der Waals surface area contributed by atoms with Gasteiger partial charge in [-0.15, -0.1) is 0 Å². The van der Waals surface area contributed by atoms with Crippen LogP contribution in [0.3, 0.4) is 0 Å². The number of H-pyrrole nitrogens is 1. The molecule has 0 aliphatic carbocycles. The van der Waals surface area contributed by atoms with Crippen molar-refractivity contribution in [2.45, 2.75) is 44.7 Å². The molecular formula is C26H28N4O3. The number of rotatable bonds is 6. The molecule has 2 aromatic carbocycles. The number of nitrogens with zero attached hydrogens (tertiary/aromatic N) is 2. The van der Waals surface area contributed by atoms with Crippen molar-refractivity contribution in [1.82, 2.24) is 20.1 Å². The van der Waals surface area contributed by atoms with E-state index in [0.717, 1.165) is 39.9 Å². The lowest BCUT2D eigenvalue weighted by Crippen LogP contribution is -2.50. The number of aryl methyl sites for hydroxylation is 1. The number of aromatic nitrogens is 1. The fourth-order valence-electron chi connectivity index (χ4n) is 5.17. The van der Waals surface area contributed by atoms with Crippen molar-refractivity contribution in [3.05, 3.63) is 71.4 Å². The number of carbonyl (C=O) groups excluding carboxylic acids is 3. The Hall–Kier alpha value is -3.61. The van der Waals surface area contributed by atoms with Crippen molar-refractivity contribution >= 4 is 28.7 Å². The highest BCUT2D eigenvalue weighted by atomic mass is 16.2. The lowest BCUT2D eigenvalue weighted by molar-refractivity contribution is -0.139. The minimum atomic E-state index is -1.13. The molecular weight excluding hydrogens is 416 g/mol. The first-order valence-corrected chi connectivity index (χ1v) is 11.5. The summed E-state index contributed by atoms with van der Waals surface area (Å²) in [6, 6.07) is 16.7. The molecule has 4 amide bonds. The zero-order valence-corrected chi connectivity index (χ0v) is 18.9. The van der Waals surface area contributed by atoms with Gasteiger partial charge in [0.05, 0.1) is 5.69 Å². The molecule has 2 atom stereocenters. The maximum Gasteiger partial charge on any atom is 0.328 e. The van der Waals surface area contributed by atoms with E-state index in [9.17, 15) is 14.4 Å². The van der Waals surface area contributed by atoms with E-state index in [1.165, 1.54) is 5.56 Å². The molecule has 33 heavy (non-hydrogen) atoms. The minimum absolute atomic E-state index is 0.315. The van der Waals surface area contributed by atoms with Crippen LogP contribution in [-0.4, -0.2) is 51.8 Å². The number of nitrogens with one attached hydrogen (secondary N) is 2. The number of hydrogen-bond acceptors (Lipinski definition) is 3. The average molecular weight is 445 g/mol. The zero-order chi connectivity index (χ0) is 23.2. The second-order valence-corrected chi connectivity index (χ2v) is 9.01. The second kappa shape index (κ2) is 8.06. The molecule has 7 heteroatoms. The van der Waals surface area contributed by atoms with E-state index in [1.54, 1.807) is 18.7 Å². The van der Waals surface area contributed by atoms with Crippen LogP contribution in [0.5, 0.6) is 0 Å². The van der Waals surface area contributed by atoms with Crippen LogP contribution in [0.2, 0.25) is 0 Å². The number of fused-ring (bicyclic) bond motifs is 5. The van der Waals surface area contributed by atoms with E-state index in [2.05, 4.69) is 22.4 Å². The van der Waals surface area contributed by atoms with Gasteiger partial charge >= 0.3 is 6.03 Å². The van der Waals surface area contributed by atoms with Gasteiger partial charge in [-0.3, -0.25) is 9.59 Å². The van der Waals surface area contributed by atoms with Gasteiger partial charge in [-0.2, -0.15) is 0 Å². The van der Waals surface area contributed by atoms with E-state index in [1.807, 2.05) is 42.5 Å². The number of amides is 4. The van der Waals surface area contributed by atoms with E-state index in [0.29, 0.717) is 19.5 Å². The average Bonchev–Trinajstić information content (AvgIpc) is 3.30. The first-order chi connectivity index (χ1) is 15.9. The van der Waals surface area contributed by atoms with Crippen LogP contribution in [-0.2, 0) is 28.0 Å². The van der Waals surface area contributed by atoms with Gasteiger partial charge < -0.3 is 15.2 Å². The van der Waals surface area contributed by atoms with Gasteiger partial charge in [-0.05, 0) is 50.3 Å². The Labute approximate surface area is 192 Å². The van der Waals surface area contributed by atoms with Crippen molar-refractivity contribution < 1.29 is 14.4 Å². The summed E-state index contributed by atoms with van der Waals surface area (Å²) in [5.74, 6) is -0.669. The number of benzene rings is 2. The molecule has 170 valence electrons. The lowest BCUT2D eigenvalue weighted by Gasteiger charge is -2.36. The van der Waals surface area contributed by atoms with Crippen molar-refractivity contribution in [3.8, 4) is 0 Å². The van der Waals surface area contributed by atoms with Gasteiger partial charge in [0, 0.05) is 24.0 Å². The highest BCUT2D eigenvalue weighted by Gasteiger charge is 2.60. The molecule has 7 nitrogen and oxygen atoms in total. The molecule has 2 N–H and O–H groups in total. The number of hydrogen-bond donors (Lipinski definition) is 2. The van der Waals surface area contributed by atoms with Crippen LogP contribution < -0.4 is 5.32 Å². The zero-order valence-electron chi connectivity index (χ0n) is 18.9. The molecule has 0 bridgehead atoms.